The number of hydrogen-bond donors (Lipinski definition) is 0. The summed E-state index contributed by atoms with van der Waals surface area (Å²) in [5.74, 6) is 0.806. The molecule has 0 bridgehead atoms. The lowest BCUT2D eigenvalue weighted by atomic mass is 10.2. The van der Waals surface area contributed by atoms with E-state index in [-0.39, 0.29) is 0 Å². The number of thiophene rings is 1. The van der Waals surface area contributed by atoms with E-state index in [0.717, 1.165) is 16.8 Å². The number of benzene rings is 1. The molecule has 0 atom stereocenters. The lowest BCUT2D eigenvalue weighted by Gasteiger charge is -2.05. The van der Waals surface area contributed by atoms with Gasteiger partial charge in [0.15, 0.2) is 0 Å². The van der Waals surface area contributed by atoms with E-state index in [9.17, 15) is 0 Å². The number of ether oxygens (including phenoxy) is 1. The van der Waals surface area contributed by atoms with E-state index >= 15 is 0 Å². The summed E-state index contributed by atoms with van der Waals surface area (Å²) < 4.78 is 7.09. The number of halogens is 1. The van der Waals surface area contributed by atoms with Gasteiger partial charge in [0.25, 0.3) is 0 Å². The summed E-state index contributed by atoms with van der Waals surface area (Å²) in [4.78, 5) is 4.29. The summed E-state index contributed by atoms with van der Waals surface area (Å²) in [5.41, 5.74) is 2.23. The summed E-state index contributed by atoms with van der Waals surface area (Å²) in [6.45, 7) is 0.583. The highest BCUT2D eigenvalue weighted by molar-refractivity contribution is 9.08. The summed E-state index contributed by atoms with van der Waals surface area (Å²) in [6.07, 6.45) is 1.77. The zero-order chi connectivity index (χ0) is 13.1. The molecule has 0 radical (unpaired) electrons. The smallest absolute Gasteiger partial charge is 0.138 e. The second-order valence-corrected chi connectivity index (χ2v) is 5.64. The van der Waals surface area contributed by atoms with Crippen LogP contribution in [0.1, 0.15) is 11.3 Å². The lowest BCUT2D eigenvalue weighted by molar-refractivity contribution is 0.306. The Balaban J connectivity index is 1.74. The maximum atomic E-state index is 5.79. The molecule has 0 aliphatic rings. The Morgan fingerprint density at radius 1 is 1.16 bits per heavy atom. The molecular weight excluding hydrogens is 322 g/mol. The molecule has 2 aromatic heterocycles. The molecule has 4 heteroatoms. The zero-order valence-electron chi connectivity index (χ0n) is 10.2. The molecule has 0 saturated carbocycles. The van der Waals surface area contributed by atoms with Gasteiger partial charge in [0.05, 0.1) is 11.9 Å². The number of hydrogen-bond acceptors (Lipinski definition) is 3. The van der Waals surface area contributed by atoms with Gasteiger partial charge >= 0.3 is 0 Å². The Kier molecular flexibility index (Phi) is 3.80. The van der Waals surface area contributed by atoms with Gasteiger partial charge in [-0.15, -0.1) is 11.3 Å². The first-order valence-electron chi connectivity index (χ1n) is 5.95. The van der Waals surface area contributed by atoms with Crippen molar-refractivity contribution in [2.24, 2.45) is 0 Å². The van der Waals surface area contributed by atoms with Crippen LogP contribution >= 0.6 is 27.3 Å². The molecule has 0 spiro atoms. The standard InChI is InChI=1S/C15H12BrNOS/c16-7-12-5-6-13(8-17-12)18-9-11-10-19-15-4-2-1-3-14(11)15/h1-6,8,10H,7,9H2. The van der Waals surface area contributed by atoms with Gasteiger partial charge in [-0.2, -0.15) is 0 Å². The molecule has 1 aromatic carbocycles. The SMILES string of the molecule is BrCc1ccc(OCc2csc3ccccc23)cn1. The Labute approximate surface area is 124 Å². The minimum absolute atomic E-state index is 0.583. The van der Waals surface area contributed by atoms with Crippen LogP contribution in [0.15, 0.2) is 48.0 Å². The summed E-state index contributed by atoms with van der Waals surface area (Å²) in [5, 5.41) is 4.20. The van der Waals surface area contributed by atoms with Crippen LogP contribution in [0, 0.1) is 0 Å². The first kappa shape index (κ1) is 12.6. The van der Waals surface area contributed by atoms with Crippen LogP contribution in [0.5, 0.6) is 5.75 Å². The van der Waals surface area contributed by atoms with E-state index in [1.165, 1.54) is 15.6 Å². The van der Waals surface area contributed by atoms with Gasteiger partial charge < -0.3 is 4.74 Å². The molecule has 0 aliphatic heterocycles. The highest BCUT2D eigenvalue weighted by atomic mass is 79.9. The van der Waals surface area contributed by atoms with E-state index in [1.54, 1.807) is 17.5 Å². The maximum Gasteiger partial charge on any atom is 0.138 e. The number of pyridine rings is 1. The van der Waals surface area contributed by atoms with Gasteiger partial charge in [-0.05, 0) is 29.0 Å². The van der Waals surface area contributed by atoms with E-state index in [2.05, 4.69) is 50.6 Å². The third-order valence-electron chi connectivity index (χ3n) is 2.89. The number of fused-ring (bicyclic) bond motifs is 1. The number of rotatable bonds is 4. The Morgan fingerprint density at radius 2 is 2.05 bits per heavy atom. The van der Waals surface area contributed by atoms with Gasteiger partial charge in [0, 0.05) is 15.6 Å². The summed E-state index contributed by atoms with van der Waals surface area (Å²) >= 11 is 5.13. The first-order valence-corrected chi connectivity index (χ1v) is 7.96. The quantitative estimate of drug-likeness (QED) is 0.641. The average molecular weight is 334 g/mol. The predicted octanol–water partition coefficient (Wildman–Crippen LogP) is 4.77. The van der Waals surface area contributed by atoms with Crippen LogP contribution in [0.4, 0.5) is 0 Å². The fourth-order valence-electron chi connectivity index (χ4n) is 1.88. The first-order chi connectivity index (χ1) is 9.36. The van der Waals surface area contributed by atoms with Crippen LogP contribution in [-0.2, 0) is 11.9 Å². The molecule has 0 amide bonds. The number of alkyl halides is 1. The highest BCUT2D eigenvalue weighted by Crippen LogP contribution is 2.26. The minimum atomic E-state index is 0.583. The van der Waals surface area contributed by atoms with Crippen molar-refractivity contribution in [2.75, 3.05) is 0 Å². The van der Waals surface area contributed by atoms with E-state index in [1.807, 2.05) is 12.1 Å². The third kappa shape index (κ3) is 2.80. The fourth-order valence-corrected chi connectivity index (χ4v) is 3.16. The molecule has 3 rings (SSSR count). The van der Waals surface area contributed by atoms with Crippen LogP contribution in [0.2, 0.25) is 0 Å². The van der Waals surface area contributed by atoms with Crippen molar-refractivity contribution in [3.8, 4) is 5.75 Å². The summed E-state index contributed by atoms with van der Waals surface area (Å²) in [6, 6.07) is 12.3. The molecule has 2 nitrogen and oxygen atoms in total. The number of nitrogens with zero attached hydrogens (tertiary/aromatic N) is 1. The normalized spacial score (nSPS) is 10.8. The highest BCUT2D eigenvalue weighted by Gasteiger charge is 2.04. The Bertz CT molecular complexity index is 678. The molecule has 19 heavy (non-hydrogen) atoms. The monoisotopic (exact) mass is 333 g/mol. The van der Waals surface area contributed by atoms with E-state index in [4.69, 9.17) is 4.74 Å². The van der Waals surface area contributed by atoms with Crippen LogP contribution in [0.25, 0.3) is 10.1 Å². The van der Waals surface area contributed by atoms with Gasteiger partial charge in [-0.3, -0.25) is 4.98 Å². The second-order valence-electron chi connectivity index (χ2n) is 4.16. The van der Waals surface area contributed by atoms with Crippen molar-refractivity contribution in [3.63, 3.8) is 0 Å². The van der Waals surface area contributed by atoms with Crippen LogP contribution in [0.3, 0.4) is 0 Å². The second kappa shape index (κ2) is 5.72. The van der Waals surface area contributed by atoms with Crippen molar-refractivity contribution in [1.82, 2.24) is 4.98 Å². The van der Waals surface area contributed by atoms with Crippen molar-refractivity contribution in [3.05, 3.63) is 59.2 Å². The fraction of sp³-hybridized carbons (Fsp3) is 0.133. The molecule has 0 unspecified atom stereocenters. The Morgan fingerprint density at radius 3 is 2.84 bits per heavy atom. The lowest BCUT2D eigenvalue weighted by Crippen LogP contribution is -1.95. The molecular formula is C15H12BrNOS. The van der Waals surface area contributed by atoms with Crippen LogP contribution < -0.4 is 4.74 Å². The average Bonchev–Trinajstić information content (AvgIpc) is 2.89. The topological polar surface area (TPSA) is 22.1 Å². The van der Waals surface area contributed by atoms with Crippen molar-refractivity contribution in [1.29, 1.82) is 0 Å². The largest absolute Gasteiger partial charge is 0.487 e. The van der Waals surface area contributed by atoms with E-state index in [0.29, 0.717) is 6.61 Å². The van der Waals surface area contributed by atoms with E-state index < -0.39 is 0 Å². The van der Waals surface area contributed by atoms with Gasteiger partial charge in [-0.1, -0.05) is 34.1 Å². The predicted molar refractivity (Wildman–Crippen MR) is 83.0 cm³/mol. The molecule has 0 N–H and O–H groups in total. The molecule has 0 aliphatic carbocycles. The summed E-state index contributed by atoms with van der Waals surface area (Å²) in [7, 11) is 0. The molecule has 96 valence electrons. The third-order valence-corrected chi connectivity index (χ3v) is 4.48. The van der Waals surface area contributed by atoms with Gasteiger partial charge in [0.1, 0.15) is 12.4 Å². The number of aromatic nitrogens is 1. The van der Waals surface area contributed by atoms with Gasteiger partial charge in [-0.25, -0.2) is 0 Å². The van der Waals surface area contributed by atoms with Crippen molar-refractivity contribution >= 4 is 37.4 Å². The van der Waals surface area contributed by atoms with Crippen molar-refractivity contribution < 1.29 is 4.74 Å². The molecule has 0 saturated heterocycles. The maximum absolute atomic E-state index is 5.79. The molecule has 2 heterocycles. The van der Waals surface area contributed by atoms with Crippen molar-refractivity contribution in [2.45, 2.75) is 11.9 Å². The molecule has 0 fully saturated rings. The van der Waals surface area contributed by atoms with Gasteiger partial charge in [0.2, 0.25) is 0 Å². The minimum Gasteiger partial charge on any atom is -0.487 e. The van der Waals surface area contributed by atoms with Crippen LogP contribution in [-0.4, -0.2) is 4.98 Å². The molecule has 3 aromatic rings. The Hall–Kier alpha value is -1.39. The zero-order valence-corrected chi connectivity index (χ0v) is 12.6.